The van der Waals surface area contributed by atoms with Gasteiger partial charge < -0.3 is 10.4 Å². The molecule has 0 aromatic heterocycles. The number of aliphatic hydroxyl groups is 1. The van der Waals surface area contributed by atoms with Crippen molar-refractivity contribution in [1.82, 2.24) is 10.2 Å². The fourth-order valence-corrected chi connectivity index (χ4v) is 2.62. The number of amides is 1. The molecule has 5 heteroatoms. The number of nitrogens with one attached hydrogen (secondary N) is 1. The van der Waals surface area contributed by atoms with Crippen molar-refractivity contribution < 1.29 is 9.90 Å². The lowest BCUT2D eigenvalue weighted by molar-refractivity contribution is -0.143. The molecule has 0 bridgehead atoms. The number of carbonyl (C=O) groups is 1. The lowest BCUT2D eigenvalue weighted by atomic mass is 9.83. The van der Waals surface area contributed by atoms with Crippen LogP contribution in [0.3, 0.4) is 0 Å². The van der Waals surface area contributed by atoms with Crippen LogP contribution in [0.15, 0.2) is 0 Å². The summed E-state index contributed by atoms with van der Waals surface area (Å²) in [5.41, 5.74) is -1.38. The first-order valence-electron chi connectivity index (χ1n) is 6.96. The van der Waals surface area contributed by atoms with Crippen LogP contribution in [-0.4, -0.2) is 46.7 Å². The highest BCUT2D eigenvalue weighted by Crippen LogP contribution is 2.39. The van der Waals surface area contributed by atoms with E-state index < -0.39 is 11.1 Å². The van der Waals surface area contributed by atoms with E-state index in [2.05, 4.69) is 11.4 Å². The molecule has 1 aliphatic carbocycles. The Labute approximate surface area is 114 Å². The van der Waals surface area contributed by atoms with Crippen molar-refractivity contribution in [3.8, 4) is 6.07 Å². The predicted molar refractivity (Wildman–Crippen MR) is 71.1 cm³/mol. The van der Waals surface area contributed by atoms with Crippen molar-refractivity contribution >= 4 is 5.91 Å². The van der Waals surface area contributed by atoms with E-state index >= 15 is 0 Å². The first kappa shape index (κ1) is 14.3. The van der Waals surface area contributed by atoms with E-state index in [9.17, 15) is 15.2 Å². The number of hydrogen-bond acceptors (Lipinski definition) is 4. The van der Waals surface area contributed by atoms with E-state index in [1.54, 1.807) is 6.92 Å². The molecular formula is C14H23N3O2. The molecule has 2 fully saturated rings. The molecule has 1 aliphatic heterocycles. The van der Waals surface area contributed by atoms with Gasteiger partial charge in [0.05, 0.1) is 18.2 Å². The highest BCUT2D eigenvalue weighted by molar-refractivity contribution is 5.79. The van der Waals surface area contributed by atoms with Gasteiger partial charge in [-0.3, -0.25) is 9.69 Å². The van der Waals surface area contributed by atoms with Crippen molar-refractivity contribution in [2.24, 2.45) is 11.8 Å². The zero-order valence-corrected chi connectivity index (χ0v) is 11.9. The van der Waals surface area contributed by atoms with Crippen LogP contribution in [0.25, 0.3) is 0 Å². The molecule has 1 heterocycles. The van der Waals surface area contributed by atoms with Crippen molar-refractivity contribution in [2.45, 2.75) is 44.8 Å². The van der Waals surface area contributed by atoms with Gasteiger partial charge in [0.25, 0.3) is 0 Å². The molecule has 1 atom stereocenters. The van der Waals surface area contributed by atoms with E-state index in [4.69, 9.17) is 0 Å². The fourth-order valence-electron chi connectivity index (χ4n) is 2.62. The van der Waals surface area contributed by atoms with Crippen LogP contribution >= 0.6 is 0 Å². The second-order valence-electron chi connectivity index (χ2n) is 6.54. The first-order chi connectivity index (χ1) is 8.79. The van der Waals surface area contributed by atoms with Gasteiger partial charge in [-0.1, -0.05) is 13.8 Å². The summed E-state index contributed by atoms with van der Waals surface area (Å²) >= 11 is 0. The second-order valence-corrected chi connectivity index (χ2v) is 6.54. The van der Waals surface area contributed by atoms with E-state index in [0.29, 0.717) is 19.0 Å². The first-order valence-corrected chi connectivity index (χ1v) is 6.96. The number of hydrogen-bond donors (Lipinski definition) is 2. The van der Waals surface area contributed by atoms with Gasteiger partial charge in [0.1, 0.15) is 5.54 Å². The number of rotatable bonds is 5. The van der Waals surface area contributed by atoms with E-state index in [1.165, 1.54) is 0 Å². The van der Waals surface area contributed by atoms with Gasteiger partial charge in [0, 0.05) is 13.1 Å². The minimum Gasteiger partial charge on any atom is -0.387 e. The fraction of sp³-hybridized carbons (Fsp3) is 0.857. The lowest BCUT2D eigenvalue weighted by Gasteiger charge is -2.49. The number of carbonyl (C=O) groups excluding carboxylic acids is 1. The maximum absolute atomic E-state index is 11.9. The van der Waals surface area contributed by atoms with Crippen LogP contribution in [0, 0.1) is 23.2 Å². The van der Waals surface area contributed by atoms with E-state index in [1.807, 2.05) is 18.7 Å². The molecule has 1 unspecified atom stereocenters. The van der Waals surface area contributed by atoms with E-state index in [-0.39, 0.29) is 18.4 Å². The largest absolute Gasteiger partial charge is 0.387 e. The molecule has 106 valence electrons. The molecule has 1 saturated carbocycles. The van der Waals surface area contributed by atoms with Crippen LogP contribution in [0.2, 0.25) is 0 Å². The molecule has 1 amide bonds. The minimum atomic E-state index is -0.726. The van der Waals surface area contributed by atoms with Crippen LogP contribution in [-0.2, 0) is 4.79 Å². The molecule has 0 radical (unpaired) electrons. The average molecular weight is 265 g/mol. The summed E-state index contributed by atoms with van der Waals surface area (Å²) in [6, 6.07) is 2.22. The standard InChI is InChI=1S/C14H23N3O2/c1-10(2)14(19)8-17(9-14)6-12(18)16-13(3,7-15)11-4-5-11/h10-11,19H,4-6,8-9H2,1-3H3,(H,16,18). The topological polar surface area (TPSA) is 76.4 Å². The molecule has 0 aromatic rings. The Hall–Kier alpha value is -1.12. The molecule has 2 aliphatic rings. The summed E-state index contributed by atoms with van der Waals surface area (Å²) in [6.07, 6.45) is 2.03. The van der Waals surface area contributed by atoms with Crippen molar-refractivity contribution in [1.29, 1.82) is 5.26 Å². The third-order valence-corrected chi connectivity index (χ3v) is 4.46. The van der Waals surface area contributed by atoms with Gasteiger partial charge in [0.2, 0.25) is 5.91 Å². The van der Waals surface area contributed by atoms with Crippen molar-refractivity contribution in [3.05, 3.63) is 0 Å². The van der Waals surface area contributed by atoms with Crippen LogP contribution in [0.1, 0.15) is 33.6 Å². The molecule has 1 saturated heterocycles. The average Bonchev–Trinajstić information content (AvgIpc) is 3.10. The Morgan fingerprint density at radius 2 is 2.16 bits per heavy atom. The molecule has 2 N–H and O–H groups in total. The smallest absolute Gasteiger partial charge is 0.235 e. The summed E-state index contributed by atoms with van der Waals surface area (Å²) in [5, 5.41) is 22.1. The number of nitriles is 1. The molecule has 0 aromatic carbocycles. The Morgan fingerprint density at radius 1 is 1.58 bits per heavy atom. The third kappa shape index (κ3) is 2.90. The van der Waals surface area contributed by atoms with Crippen molar-refractivity contribution in [3.63, 3.8) is 0 Å². The second kappa shape index (κ2) is 4.77. The van der Waals surface area contributed by atoms with Crippen LogP contribution < -0.4 is 5.32 Å². The number of likely N-dealkylation sites (tertiary alicyclic amines) is 1. The maximum Gasteiger partial charge on any atom is 0.235 e. The molecule has 5 nitrogen and oxygen atoms in total. The van der Waals surface area contributed by atoms with Crippen molar-refractivity contribution in [2.75, 3.05) is 19.6 Å². The number of β-amino-alcohol motifs (C(OH)–C–C–N with tert-alkyl or cyclic N) is 1. The zero-order chi connectivity index (χ0) is 14.3. The monoisotopic (exact) mass is 265 g/mol. The summed E-state index contributed by atoms with van der Waals surface area (Å²) < 4.78 is 0. The Kier molecular flexibility index (Phi) is 3.59. The summed E-state index contributed by atoms with van der Waals surface area (Å²) in [5.74, 6) is 0.370. The Bertz CT molecular complexity index is 405. The highest BCUT2D eigenvalue weighted by atomic mass is 16.3. The minimum absolute atomic E-state index is 0.123. The Balaban J connectivity index is 1.79. The van der Waals surface area contributed by atoms with Gasteiger partial charge in [-0.15, -0.1) is 0 Å². The highest BCUT2D eigenvalue weighted by Gasteiger charge is 2.46. The van der Waals surface area contributed by atoms with Crippen LogP contribution in [0.4, 0.5) is 0 Å². The van der Waals surface area contributed by atoms with Crippen LogP contribution in [0.5, 0.6) is 0 Å². The quantitative estimate of drug-likeness (QED) is 0.759. The number of nitrogens with zero attached hydrogens (tertiary/aromatic N) is 2. The lowest BCUT2D eigenvalue weighted by Crippen LogP contribution is -2.66. The van der Waals surface area contributed by atoms with Gasteiger partial charge in [-0.2, -0.15) is 5.26 Å². The summed E-state index contributed by atoms with van der Waals surface area (Å²) in [4.78, 5) is 13.9. The maximum atomic E-state index is 11.9. The SMILES string of the molecule is CC(C)C1(O)CN(CC(=O)NC(C)(C#N)C2CC2)C1. The third-order valence-electron chi connectivity index (χ3n) is 4.46. The normalized spacial score (nSPS) is 25.3. The Morgan fingerprint density at radius 3 is 2.58 bits per heavy atom. The van der Waals surface area contributed by atoms with Gasteiger partial charge >= 0.3 is 0 Å². The van der Waals surface area contributed by atoms with Gasteiger partial charge in [-0.05, 0) is 31.6 Å². The molecule has 2 rings (SSSR count). The predicted octanol–water partition coefficient (Wildman–Crippen LogP) is 0.498. The molecule has 19 heavy (non-hydrogen) atoms. The molecular weight excluding hydrogens is 242 g/mol. The zero-order valence-electron chi connectivity index (χ0n) is 11.9. The van der Waals surface area contributed by atoms with E-state index in [0.717, 1.165) is 12.8 Å². The molecule has 0 spiro atoms. The van der Waals surface area contributed by atoms with Gasteiger partial charge in [0.15, 0.2) is 0 Å². The summed E-state index contributed by atoms with van der Waals surface area (Å²) in [6.45, 7) is 7.09. The summed E-state index contributed by atoms with van der Waals surface area (Å²) in [7, 11) is 0. The van der Waals surface area contributed by atoms with Gasteiger partial charge in [-0.25, -0.2) is 0 Å².